The van der Waals surface area contributed by atoms with Crippen LogP contribution in [0.25, 0.3) is 11.1 Å². The number of hydrogen-bond acceptors (Lipinski definition) is 6. The number of carbonyl (C=O) groups is 3. The third kappa shape index (κ3) is 4.86. The molecule has 0 spiro atoms. The van der Waals surface area contributed by atoms with Gasteiger partial charge in [-0.15, -0.1) is 11.3 Å². The summed E-state index contributed by atoms with van der Waals surface area (Å²) < 4.78 is 5.19. The fraction of sp³-hybridized carbons (Fsp3) is 0.250. The van der Waals surface area contributed by atoms with Gasteiger partial charge in [0.05, 0.1) is 30.0 Å². The standard InChI is InChI=1S/C24H23N3O4S/c1-2-31-23(30)19-13-17(16-7-4-3-5-8-16)10-11-20(19)26-21(28)14-18-15-32-24(25-18)27-12-6-9-22(27)29/h3-5,7-8,10-11,13,15H,2,6,9,12,14H2,1H3,(H,26,28). The first-order chi connectivity index (χ1) is 15.5. The molecule has 0 aliphatic carbocycles. The Balaban J connectivity index is 1.51. The number of nitrogens with one attached hydrogen (secondary N) is 1. The molecule has 1 N–H and O–H groups in total. The Hall–Kier alpha value is -3.52. The largest absolute Gasteiger partial charge is 0.462 e. The van der Waals surface area contributed by atoms with Crippen LogP contribution in [0.2, 0.25) is 0 Å². The maximum absolute atomic E-state index is 12.7. The zero-order valence-corrected chi connectivity index (χ0v) is 18.5. The number of rotatable bonds is 7. The average Bonchev–Trinajstić information content (AvgIpc) is 3.43. The summed E-state index contributed by atoms with van der Waals surface area (Å²) in [6, 6.07) is 15.0. The number of nitrogens with zero attached hydrogens (tertiary/aromatic N) is 2. The molecule has 7 nitrogen and oxygen atoms in total. The van der Waals surface area contributed by atoms with Crippen molar-refractivity contribution in [1.29, 1.82) is 0 Å². The van der Waals surface area contributed by atoms with Crippen LogP contribution in [0.4, 0.5) is 10.8 Å². The molecule has 0 saturated carbocycles. The number of carbonyl (C=O) groups excluding carboxylic acids is 3. The van der Waals surface area contributed by atoms with Gasteiger partial charge < -0.3 is 10.1 Å². The topological polar surface area (TPSA) is 88.6 Å². The van der Waals surface area contributed by atoms with Gasteiger partial charge in [0.25, 0.3) is 0 Å². The number of amides is 2. The fourth-order valence-corrected chi connectivity index (χ4v) is 4.42. The van der Waals surface area contributed by atoms with Crippen molar-refractivity contribution in [2.45, 2.75) is 26.2 Å². The third-order valence-electron chi connectivity index (χ3n) is 5.08. The minimum Gasteiger partial charge on any atom is -0.462 e. The van der Waals surface area contributed by atoms with E-state index in [1.807, 2.05) is 36.4 Å². The lowest BCUT2D eigenvalue weighted by molar-refractivity contribution is -0.117. The lowest BCUT2D eigenvalue weighted by atomic mass is 10.0. The summed E-state index contributed by atoms with van der Waals surface area (Å²) in [7, 11) is 0. The van der Waals surface area contributed by atoms with Gasteiger partial charge >= 0.3 is 5.97 Å². The highest BCUT2D eigenvalue weighted by Crippen LogP contribution is 2.27. The predicted octanol–water partition coefficient (Wildman–Crippen LogP) is 4.29. The van der Waals surface area contributed by atoms with Crippen LogP contribution in [-0.4, -0.2) is 35.9 Å². The highest BCUT2D eigenvalue weighted by atomic mass is 32.1. The van der Waals surface area contributed by atoms with Crippen LogP contribution in [0.1, 0.15) is 35.8 Å². The van der Waals surface area contributed by atoms with Crippen LogP contribution < -0.4 is 10.2 Å². The van der Waals surface area contributed by atoms with E-state index < -0.39 is 5.97 Å². The Morgan fingerprint density at radius 3 is 2.69 bits per heavy atom. The number of anilines is 2. The molecular formula is C24H23N3O4S. The van der Waals surface area contributed by atoms with E-state index in [0.29, 0.717) is 35.0 Å². The Kier molecular flexibility index (Phi) is 6.61. The fourth-order valence-electron chi connectivity index (χ4n) is 3.55. The van der Waals surface area contributed by atoms with Crippen molar-refractivity contribution in [2.24, 2.45) is 0 Å². The van der Waals surface area contributed by atoms with Gasteiger partial charge in [-0.1, -0.05) is 36.4 Å². The Morgan fingerprint density at radius 1 is 1.16 bits per heavy atom. The molecule has 164 valence electrons. The highest BCUT2D eigenvalue weighted by molar-refractivity contribution is 7.14. The lowest BCUT2D eigenvalue weighted by Gasteiger charge is -2.13. The average molecular weight is 450 g/mol. The van der Waals surface area contributed by atoms with Gasteiger partial charge in [0.15, 0.2) is 5.13 Å². The van der Waals surface area contributed by atoms with Crippen LogP contribution in [0.3, 0.4) is 0 Å². The SMILES string of the molecule is CCOC(=O)c1cc(-c2ccccc2)ccc1NC(=O)Cc1csc(N2CCCC2=O)n1. The number of thiazole rings is 1. The van der Waals surface area contributed by atoms with E-state index in [4.69, 9.17) is 4.74 Å². The van der Waals surface area contributed by atoms with E-state index >= 15 is 0 Å². The minimum absolute atomic E-state index is 0.0429. The van der Waals surface area contributed by atoms with Crippen LogP contribution in [0.15, 0.2) is 53.9 Å². The summed E-state index contributed by atoms with van der Waals surface area (Å²) in [5, 5.41) is 5.21. The molecule has 3 aromatic rings. The molecule has 4 rings (SSSR count). The molecule has 1 saturated heterocycles. The van der Waals surface area contributed by atoms with Gasteiger partial charge in [-0.3, -0.25) is 14.5 Å². The van der Waals surface area contributed by atoms with Crippen molar-refractivity contribution in [1.82, 2.24) is 4.98 Å². The zero-order valence-electron chi connectivity index (χ0n) is 17.7. The van der Waals surface area contributed by atoms with Crippen molar-refractivity contribution < 1.29 is 19.1 Å². The lowest BCUT2D eigenvalue weighted by Crippen LogP contribution is -2.23. The molecular weight excluding hydrogens is 426 g/mol. The van der Waals surface area contributed by atoms with Gasteiger partial charge in [-0.05, 0) is 36.6 Å². The van der Waals surface area contributed by atoms with E-state index in [9.17, 15) is 14.4 Å². The number of aromatic nitrogens is 1. The normalized spacial score (nSPS) is 13.3. The van der Waals surface area contributed by atoms with E-state index in [1.54, 1.807) is 29.3 Å². The highest BCUT2D eigenvalue weighted by Gasteiger charge is 2.24. The molecule has 0 atom stereocenters. The maximum atomic E-state index is 12.7. The van der Waals surface area contributed by atoms with Crippen molar-refractivity contribution in [3.05, 3.63) is 65.2 Å². The summed E-state index contributed by atoms with van der Waals surface area (Å²) in [6.45, 7) is 2.63. The molecule has 0 bridgehead atoms. The molecule has 0 unspecified atom stereocenters. The van der Waals surface area contributed by atoms with Gasteiger partial charge in [-0.2, -0.15) is 0 Å². The van der Waals surface area contributed by atoms with Crippen LogP contribution in [-0.2, 0) is 20.7 Å². The van der Waals surface area contributed by atoms with E-state index in [1.165, 1.54) is 11.3 Å². The monoisotopic (exact) mass is 449 g/mol. The van der Waals surface area contributed by atoms with Gasteiger partial charge in [0.2, 0.25) is 11.8 Å². The number of esters is 1. The number of hydrogen-bond donors (Lipinski definition) is 1. The van der Waals surface area contributed by atoms with Gasteiger partial charge in [0, 0.05) is 18.3 Å². The Morgan fingerprint density at radius 2 is 1.97 bits per heavy atom. The first-order valence-electron chi connectivity index (χ1n) is 10.5. The predicted molar refractivity (Wildman–Crippen MR) is 124 cm³/mol. The van der Waals surface area contributed by atoms with Crippen molar-refractivity contribution in [3.8, 4) is 11.1 Å². The summed E-state index contributed by atoms with van der Waals surface area (Å²) in [6.07, 6.45) is 1.40. The quantitative estimate of drug-likeness (QED) is 0.544. The summed E-state index contributed by atoms with van der Waals surface area (Å²) in [5.41, 5.74) is 3.08. The molecule has 2 aromatic carbocycles. The second-order valence-electron chi connectivity index (χ2n) is 7.34. The summed E-state index contributed by atoms with van der Waals surface area (Å²) >= 11 is 1.35. The summed E-state index contributed by atoms with van der Waals surface area (Å²) in [5.74, 6) is -0.732. The van der Waals surface area contributed by atoms with Crippen LogP contribution in [0, 0.1) is 0 Å². The molecule has 32 heavy (non-hydrogen) atoms. The summed E-state index contributed by atoms with van der Waals surface area (Å²) in [4.78, 5) is 43.2. The molecule has 2 amide bonds. The first-order valence-corrected chi connectivity index (χ1v) is 11.3. The number of benzene rings is 2. The molecule has 1 fully saturated rings. The molecule has 1 aromatic heterocycles. The molecule has 1 aliphatic heterocycles. The number of ether oxygens (including phenoxy) is 1. The van der Waals surface area contributed by atoms with E-state index in [-0.39, 0.29) is 24.8 Å². The van der Waals surface area contributed by atoms with E-state index in [0.717, 1.165) is 17.5 Å². The Labute approximate surface area is 190 Å². The van der Waals surface area contributed by atoms with Crippen molar-refractivity contribution in [3.63, 3.8) is 0 Å². The van der Waals surface area contributed by atoms with Crippen molar-refractivity contribution in [2.75, 3.05) is 23.4 Å². The molecule has 1 aliphatic rings. The van der Waals surface area contributed by atoms with Gasteiger partial charge in [-0.25, -0.2) is 9.78 Å². The maximum Gasteiger partial charge on any atom is 0.340 e. The minimum atomic E-state index is -0.496. The third-order valence-corrected chi connectivity index (χ3v) is 5.99. The van der Waals surface area contributed by atoms with E-state index in [2.05, 4.69) is 10.3 Å². The van der Waals surface area contributed by atoms with Crippen LogP contribution in [0.5, 0.6) is 0 Å². The zero-order chi connectivity index (χ0) is 22.5. The molecule has 0 radical (unpaired) electrons. The second kappa shape index (κ2) is 9.74. The molecule has 2 heterocycles. The second-order valence-corrected chi connectivity index (χ2v) is 8.18. The van der Waals surface area contributed by atoms with Crippen molar-refractivity contribution >= 4 is 39.9 Å². The smallest absolute Gasteiger partial charge is 0.340 e. The Bertz CT molecular complexity index is 1140. The van der Waals surface area contributed by atoms with Gasteiger partial charge in [0.1, 0.15) is 0 Å². The molecule has 8 heteroatoms. The first kappa shape index (κ1) is 21.7. The van der Waals surface area contributed by atoms with Crippen LogP contribution >= 0.6 is 11.3 Å².